The fourth-order valence-electron chi connectivity index (χ4n) is 2.18. The minimum Gasteiger partial charge on any atom is -0.358 e. The van der Waals surface area contributed by atoms with Gasteiger partial charge in [-0.25, -0.2) is 0 Å². The largest absolute Gasteiger partial charge is 1.00 e. The van der Waals surface area contributed by atoms with Crippen LogP contribution in [-0.2, 0) is 22.4 Å². The van der Waals surface area contributed by atoms with Crippen LogP contribution in [0, 0.1) is 7.43 Å². The van der Waals surface area contributed by atoms with Crippen LogP contribution in [0.5, 0.6) is 0 Å². The van der Waals surface area contributed by atoms with Crippen molar-refractivity contribution in [1.82, 2.24) is 0 Å². The van der Waals surface area contributed by atoms with Crippen molar-refractivity contribution in [1.29, 1.82) is 0 Å². The van der Waals surface area contributed by atoms with Crippen molar-refractivity contribution >= 4 is 23.8 Å². The summed E-state index contributed by atoms with van der Waals surface area (Å²) in [6, 6.07) is 32.3. The summed E-state index contributed by atoms with van der Waals surface area (Å²) in [6.45, 7) is 0. The second kappa shape index (κ2) is 8.97. The summed E-state index contributed by atoms with van der Waals surface area (Å²) in [5, 5.41) is 4.19. The Morgan fingerprint density at radius 3 is 0.905 bits per heavy atom. The Balaban J connectivity index is 0.00000110. The molecule has 0 unspecified atom stereocenters. The maximum atomic E-state index is 2.23. The van der Waals surface area contributed by atoms with Crippen molar-refractivity contribution in [2.45, 2.75) is 0 Å². The van der Waals surface area contributed by atoms with Crippen molar-refractivity contribution in [3.8, 4) is 0 Å². The third-order valence-corrected chi connectivity index (χ3v) is 5.49. The van der Waals surface area contributed by atoms with Crippen LogP contribution in [0.15, 0.2) is 91.0 Å². The van der Waals surface area contributed by atoms with E-state index >= 15 is 0 Å². The normalized spacial score (nSPS) is 9.57. The first-order valence-electron chi connectivity index (χ1n) is 6.40. The van der Waals surface area contributed by atoms with Crippen LogP contribution in [0.3, 0.4) is 0 Å². The Morgan fingerprint density at radius 2 is 0.667 bits per heavy atom. The van der Waals surface area contributed by atoms with Crippen LogP contribution >= 0.6 is 7.92 Å². The van der Waals surface area contributed by atoms with Crippen LogP contribution in [0.1, 0.15) is 0 Å². The molecule has 0 amide bonds. The summed E-state index contributed by atoms with van der Waals surface area (Å²) >= 11 is 0. The Morgan fingerprint density at radius 1 is 0.429 bits per heavy atom. The number of hydrogen-bond donors (Lipinski definition) is 0. The van der Waals surface area contributed by atoms with Gasteiger partial charge in [-0.1, -0.05) is 91.0 Å². The van der Waals surface area contributed by atoms with Crippen LogP contribution in [-0.4, -0.2) is 0 Å². The fourth-order valence-corrected chi connectivity index (χ4v) is 4.48. The Hall–Kier alpha value is -1.17. The predicted octanol–water partition coefficient (Wildman–Crippen LogP) is 3.89. The van der Waals surface area contributed by atoms with E-state index in [4.69, 9.17) is 0 Å². The quantitative estimate of drug-likeness (QED) is 0.307. The van der Waals surface area contributed by atoms with Gasteiger partial charge < -0.3 is 7.43 Å². The molecular formula is C19H18AuP. The second-order valence-corrected chi connectivity index (χ2v) is 6.56. The summed E-state index contributed by atoms with van der Waals surface area (Å²) in [5.74, 6) is 0. The van der Waals surface area contributed by atoms with Crippen molar-refractivity contribution in [3.63, 3.8) is 0 Å². The molecule has 0 spiro atoms. The molecule has 0 aliphatic rings. The molecule has 3 rings (SSSR count). The van der Waals surface area contributed by atoms with Crippen LogP contribution < -0.4 is 15.9 Å². The molecule has 0 nitrogen and oxygen atoms in total. The zero-order valence-electron chi connectivity index (χ0n) is 11.9. The van der Waals surface area contributed by atoms with Crippen LogP contribution in [0.4, 0.5) is 0 Å². The van der Waals surface area contributed by atoms with E-state index in [1.165, 1.54) is 15.9 Å². The van der Waals surface area contributed by atoms with Crippen molar-refractivity contribution in [3.05, 3.63) is 98.4 Å². The van der Waals surface area contributed by atoms with Gasteiger partial charge in [-0.3, -0.25) is 0 Å². The van der Waals surface area contributed by atoms with E-state index in [1.807, 2.05) is 0 Å². The SMILES string of the molecule is [Au+].[CH3-].c1ccc(P(c2ccccc2)c2ccccc2)cc1. The molecular weight excluding hydrogens is 456 g/mol. The van der Waals surface area contributed by atoms with Gasteiger partial charge in [0.25, 0.3) is 0 Å². The first kappa shape index (κ1) is 17.9. The van der Waals surface area contributed by atoms with E-state index in [-0.39, 0.29) is 29.8 Å². The van der Waals surface area contributed by atoms with E-state index in [9.17, 15) is 0 Å². The van der Waals surface area contributed by atoms with Gasteiger partial charge in [0.1, 0.15) is 0 Å². The molecule has 0 heterocycles. The molecule has 0 saturated heterocycles. The van der Waals surface area contributed by atoms with Gasteiger partial charge in [0.05, 0.1) is 0 Å². The summed E-state index contributed by atoms with van der Waals surface area (Å²) in [6.07, 6.45) is 0. The molecule has 0 aliphatic carbocycles. The summed E-state index contributed by atoms with van der Waals surface area (Å²) in [4.78, 5) is 0. The Bertz CT molecular complexity index is 530. The maximum absolute atomic E-state index is 2.23. The van der Waals surface area contributed by atoms with Crippen LogP contribution in [0.25, 0.3) is 0 Å². The first-order valence-corrected chi connectivity index (χ1v) is 7.74. The minimum absolute atomic E-state index is 0. The first-order chi connectivity index (χ1) is 9.45. The van der Waals surface area contributed by atoms with E-state index in [0.717, 1.165) is 0 Å². The van der Waals surface area contributed by atoms with Gasteiger partial charge in [-0.05, 0) is 23.8 Å². The van der Waals surface area contributed by atoms with Crippen LogP contribution in [0.2, 0.25) is 0 Å². The zero-order valence-corrected chi connectivity index (χ0v) is 15.0. The second-order valence-electron chi connectivity index (χ2n) is 4.34. The molecule has 0 aromatic heterocycles. The maximum Gasteiger partial charge on any atom is 1.00 e. The van der Waals surface area contributed by atoms with Gasteiger partial charge in [0.2, 0.25) is 0 Å². The minimum atomic E-state index is -0.446. The zero-order chi connectivity index (χ0) is 12.9. The summed E-state index contributed by atoms with van der Waals surface area (Å²) in [7, 11) is -0.446. The molecule has 110 valence electrons. The van der Waals surface area contributed by atoms with E-state index < -0.39 is 7.92 Å². The van der Waals surface area contributed by atoms with E-state index in [0.29, 0.717) is 0 Å². The Labute approximate surface area is 144 Å². The van der Waals surface area contributed by atoms with Gasteiger partial charge >= 0.3 is 22.4 Å². The van der Waals surface area contributed by atoms with E-state index in [1.54, 1.807) is 0 Å². The number of hydrogen-bond acceptors (Lipinski definition) is 0. The third-order valence-electron chi connectivity index (χ3n) is 3.04. The van der Waals surface area contributed by atoms with E-state index in [2.05, 4.69) is 91.0 Å². The topological polar surface area (TPSA) is 0 Å². The summed E-state index contributed by atoms with van der Waals surface area (Å²) in [5.41, 5.74) is 0. The standard InChI is InChI=1S/C18H15P.CH3.Au/c1-4-10-16(11-5-1)19(17-12-6-2-7-13-17)18-14-8-3-9-15-18;;/h1-15H;1H3;/q;-1;+1. The third kappa shape index (κ3) is 4.40. The molecule has 0 fully saturated rings. The van der Waals surface area contributed by atoms with Gasteiger partial charge in [0.15, 0.2) is 0 Å². The van der Waals surface area contributed by atoms with Crippen molar-refractivity contribution in [2.75, 3.05) is 0 Å². The Kier molecular flexibility index (Phi) is 7.64. The molecule has 0 radical (unpaired) electrons. The summed E-state index contributed by atoms with van der Waals surface area (Å²) < 4.78 is 0. The average molecular weight is 474 g/mol. The molecule has 0 N–H and O–H groups in total. The molecule has 0 bridgehead atoms. The fraction of sp³-hybridized carbons (Fsp3) is 0. The predicted molar refractivity (Wildman–Crippen MR) is 91.6 cm³/mol. The van der Waals surface area contributed by atoms with Gasteiger partial charge in [0, 0.05) is 0 Å². The number of rotatable bonds is 3. The molecule has 21 heavy (non-hydrogen) atoms. The van der Waals surface area contributed by atoms with Crippen molar-refractivity contribution < 1.29 is 22.4 Å². The van der Waals surface area contributed by atoms with Gasteiger partial charge in [-0.2, -0.15) is 0 Å². The smallest absolute Gasteiger partial charge is 0.358 e. The monoisotopic (exact) mass is 474 g/mol. The number of benzene rings is 3. The average Bonchev–Trinajstić information content (AvgIpc) is 2.51. The molecule has 2 heteroatoms. The molecule has 3 aromatic rings. The molecule has 0 aliphatic heterocycles. The van der Waals surface area contributed by atoms with Gasteiger partial charge in [-0.15, -0.1) is 0 Å². The molecule has 0 saturated carbocycles. The molecule has 3 aromatic carbocycles. The molecule has 0 atom stereocenters. The van der Waals surface area contributed by atoms with Crippen molar-refractivity contribution in [2.24, 2.45) is 0 Å².